The zero-order valence-electron chi connectivity index (χ0n) is 11.0. The summed E-state index contributed by atoms with van der Waals surface area (Å²) in [5.41, 5.74) is 3.08. The monoisotopic (exact) mass is 307 g/mol. The first kappa shape index (κ1) is 14.5. The Balaban J connectivity index is 2.54. The third-order valence-corrected chi connectivity index (χ3v) is 3.90. The summed E-state index contributed by atoms with van der Waals surface area (Å²) in [6.45, 7) is 0. The number of nitrogens with one attached hydrogen (secondary N) is 1. The number of pyridine rings is 1. The first-order chi connectivity index (χ1) is 9.56. The number of hydrogen-bond donors (Lipinski definition) is 2. The zero-order valence-corrected chi connectivity index (χ0v) is 12.6. The Morgan fingerprint density at radius 2 is 2.20 bits per heavy atom. The topological polar surface area (TPSA) is 66.6 Å². The van der Waals surface area contributed by atoms with Crippen LogP contribution in [-0.4, -0.2) is 26.5 Å². The van der Waals surface area contributed by atoms with Gasteiger partial charge in [-0.2, -0.15) is 5.10 Å². The number of nitrogens with zero attached hydrogens (tertiary/aromatic N) is 2. The van der Waals surface area contributed by atoms with Crippen molar-refractivity contribution in [1.82, 2.24) is 9.99 Å². The first-order valence-electron chi connectivity index (χ1n) is 5.74. The molecule has 1 aromatic heterocycles. The SMILES string of the molecule is CSC(=S)N/N=C\c1c(O)c2ccccc2n(C)c1=O. The number of hydrazone groups is 1. The van der Waals surface area contributed by atoms with Gasteiger partial charge in [0.1, 0.15) is 11.3 Å². The van der Waals surface area contributed by atoms with E-state index in [-0.39, 0.29) is 16.9 Å². The Bertz CT molecular complexity index is 753. The molecule has 0 spiro atoms. The molecule has 0 aliphatic rings. The van der Waals surface area contributed by atoms with E-state index < -0.39 is 0 Å². The van der Waals surface area contributed by atoms with E-state index in [0.717, 1.165) is 0 Å². The molecule has 0 aliphatic heterocycles. The van der Waals surface area contributed by atoms with Gasteiger partial charge in [-0.15, -0.1) is 0 Å². The summed E-state index contributed by atoms with van der Waals surface area (Å²) in [5, 5.41) is 14.7. The van der Waals surface area contributed by atoms with E-state index in [1.807, 2.05) is 12.3 Å². The highest BCUT2D eigenvalue weighted by Crippen LogP contribution is 2.24. The second-order valence-corrected chi connectivity index (χ2v) is 5.49. The Kier molecular flexibility index (Phi) is 4.41. The van der Waals surface area contributed by atoms with Crippen LogP contribution >= 0.6 is 24.0 Å². The van der Waals surface area contributed by atoms with Gasteiger partial charge in [0.15, 0.2) is 4.32 Å². The van der Waals surface area contributed by atoms with E-state index in [1.54, 1.807) is 25.2 Å². The lowest BCUT2D eigenvalue weighted by Gasteiger charge is -2.09. The Labute approximate surface area is 125 Å². The van der Waals surface area contributed by atoms with Crippen LogP contribution < -0.4 is 11.0 Å². The Hall–Kier alpha value is -1.86. The van der Waals surface area contributed by atoms with Crippen molar-refractivity contribution < 1.29 is 5.11 Å². The average Bonchev–Trinajstić information content (AvgIpc) is 2.48. The largest absolute Gasteiger partial charge is 0.506 e. The Morgan fingerprint density at radius 3 is 2.90 bits per heavy atom. The van der Waals surface area contributed by atoms with Crippen molar-refractivity contribution in [2.45, 2.75) is 0 Å². The molecule has 0 radical (unpaired) electrons. The molecule has 2 N–H and O–H groups in total. The molecule has 0 amide bonds. The lowest BCUT2D eigenvalue weighted by atomic mass is 10.1. The predicted octanol–water partition coefficient (Wildman–Crippen LogP) is 1.82. The summed E-state index contributed by atoms with van der Waals surface area (Å²) in [7, 11) is 1.65. The fourth-order valence-corrected chi connectivity index (χ4v) is 2.01. The number of hydrogen-bond acceptors (Lipinski definition) is 5. The van der Waals surface area contributed by atoms with Crippen molar-refractivity contribution in [3.63, 3.8) is 0 Å². The average molecular weight is 307 g/mol. The molecule has 0 aliphatic carbocycles. The van der Waals surface area contributed by atoms with E-state index in [9.17, 15) is 9.90 Å². The molecule has 1 aromatic carbocycles. The molecule has 5 nitrogen and oxygen atoms in total. The highest BCUT2D eigenvalue weighted by atomic mass is 32.2. The van der Waals surface area contributed by atoms with E-state index in [2.05, 4.69) is 10.5 Å². The molecular formula is C13H13N3O2S2. The van der Waals surface area contributed by atoms with E-state index >= 15 is 0 Å². The molecule has 1 heterocycles. The molecule has 2 rings (SSSR count). The van der Waals surface area contributed by atoms with E-state index in [4.69, 9.17) is 12.2 Å². The quantitative estimate of drug-likeness (QED) is 0.503. The second-order valence-electron chi connectivity index (χ2n) is 4.01. The van der Waals surface area contributed by atoms with Gasteiger partial charge in [-0.1, -0.05) is 36.1 Å². The van der Waals surface area contributed by atoms with Gasteiger partial charge in [0.2, 0.25) is 0 Å². The summed E-state index contributed by atoms with van der Waals surface area (Å²) < 4.78 is 1.96. The molecule has 0 fully saturated rings. The maximum absolute atomic E-state index is 12.2. The van der Waals surface area contributed by atoms with Gasteiger partial charge in [0.05, 0.1) is 11.7 Å². The van der Waals surface area contributed by atoms with Crippen LogP contribution in [0.3, 0.4) is 0 Å². The minimum Gasteiger partial charge on any atom is -0.506 e. The zero-order chi connectivity index (χ0) is 14.7. The highest BCUT2D eigenvalue weighted by molar-refractivity contribution is 8.22. The number of rotatable bonds is 2. The molecule has 0 bridgehead atoms. The van der Waals surface area contributed by atoms with Crippen molar-refractivity contribution in [1.29, 1.82) is 0 Å². The van der Waals surface area contributed by atoms with Crippen LogP contribution in [0.4, 0.5) is 0 Å². The number of aromatic hydroxyl groups is 1. The third kappa shape index (κ3) is 2.68. The first-order valence-corrected chi connectivity index (χ1v) is 7.37. The van der Waals surface area contributed by atoms with E-state index in [1.165, 1.54) is 22.5 Å². The van der Waals surface area contributed by atoms with Crippen LogP contribution in [0.15, 0.2) is 34.2 Å². The van der Waals surface area contributed by atoms with Crippen LogP contribution in [-0.2, 0) is 7.05 Å². The van der Waals surface area contributed by atoms with Gasteiger partial charge >= 0.3 is 0 Å². The summed E-state index contributed by atoms with van der Waals surface area (Å²) in [6, 6.07) is 7.14. The van der Waals surface area contributed by atoms with Crippen LogP contribution in [0.5, 0.6) is 5.75 Å². The summed E-state index contributed by atoms with van der Waals surface area (Å²) >= 11 is 6.27. The fraction of sp³-hybridized carbons (Fsp3) is 0.154. The normalized spacial score (nSPS) is 11.1. The fourth-order valence-electron chi connectivity index (χ4n) is 1.81. The van der Waals surface area contributed by atoms with Gasteiger partial charge in [0.25, 0.3) is 5.56 Å². The summed E-state index contributed by atoms with van der Waals surface area (Å²) in [4.78, 5) is 12.2. The van der Waals surface area contributed by atoms with Gasteiger partial charge in [-0.25, -0.2) is 0 Å². The maximum Gasteiger partial charge on any atom is 0.263 e. The third-order valence-electron chi connectivity index (χ3n) is 2.85. The van der Waals surface area contributed by atoms with Crippen LogP contribution in [0.1, 0.15) is 5.56 Å². The van der Waals surface area contributed by atoms with Crippen molar-refractivity contribution in [3.8, 4) is 5.75 Å². The number of para-hydroxylation sites is 1. The number of thiocarbonyl (C=S) groups is 1. The second kappa shape index (κ2) is 6.06. The Morgan fingerprint density at radius 1 is 1.50 bits per heavy atom. The number of aromatic nitrogens is 1. The van der Waals surface area contributed by atoms with Gasteiger partial charge in [0, 0.05) is 12.4 Å². The van der Waals surface area contributed by atoms with Crippen LogP contribution in [0.25, 0.3) is 10.9 Å². The molecule has 0 saturated carbocycles. The van der Waals surface area contributed by atoms with Gasteiger partial charge < -0.3 is 9.67 Å². The number of aryl methyl sites for hydroxylation is 1. The van der Waals surface area contributed by atoms with E-state index in [0.29, 0.717) is 15.2 Å². The van der Waals surface area contributed by atoms with Crippen molar-refractivity contribution in [2.24, 2.45) is 12.1 Å². The number of thioether (sulfide) groups is 1. The van der Waals surface area contributed by atoms with Crippen LogP contribution in [0.2, 0.25) is 0 Å². The van der Waals surface area contributed by atoms with Crippen molar-refractivity contribution >= 4 is 45.4 Å². The summed E-state index contributed by atoms with van der Waals surface area (Å²) in [5.74, 6) is -0.0793. The molecule has 2 aromatic rings. The van der Waals surface area contributed by atoms with Gasteiger partial charge in [-0.05, 0) is 18.4 Å². The minimum atomic E-state index is -0.318. The molecule has 0 saturated heterocycles. The molecule has 7 heteroatoms. The molecule has 104 valence electrons. The van der Waals surface area contributed by atoms with Gasteiger partial charge in [-0.3, -0.25) is 10.2 Å². The van der Waals surface area contributed by atoms with Crippen molar-refractivity contribution in [3.05, 3.63) is 40.2 Å². The number of fused-ring (bicyclic) bond motifs is 1. The molecule has 20 heavy (non-hydrogen) atoms. The van der Waals surface area contributed by atoms with Crippen molar-refractivity contribution in [2.75, 3.05) is 6.26 Å². The maximum atomic E-state index is 12.2. The molecule has 0 atom stereocenters. The summed E-state index contributed by atoms with van der Waals surface area (Å²) in [6.07, 6.45) is 3.10. The molecular weight excluding hydrogens is 294 g/mol. The lowest BCUT2D eigenvalue weighted by molar-refractivity contribution is 0.478. The van der Waals surface area contributed by atoms with Crippen LogP contribution in [0, 0.1) is 0 Å². The minimum absolute atomic E-state index is 0.0793. The molecule has 0 unspecified atom stereocenters. The highest BCUT2D eigenvalue weighted by Gasteiger charge is 2.12. The number of benzene rings is 1. The predicted molar refractivity (Wildman–Crippen MR) is 87.7 cm³/mol. The lowest BCUT2D eigenvalue weighted by Crippen LogP contribution is -2.22. The standard InChI is InChI=1S/C13H13N3O2S2/c1-16-10-6-4-3-5-8(10)11(17)9(12(16)18)7-14-15-13(19)20-2/h3-7,17H,1-2H3,(H,15,19)/b14-7-. The smallest absolute Gasteiger partial charge is 0.263 e.